The molecular weight excluding hydrogens is 292 g/mol. The lowest BCUT2D eigenvalue weighted by Crippen LogP contribution is -2.24. The highest BCUT2D eigenvalue weighted by Gasteiger charge is 2.08. The summed E-state index contributed by atoms with van der Waals surface area (Å²) in [6.45, 7) is 5.07. The zero-order chi connectivity index (χ0) is 13.1. The third kappa shape index (κ3) is 2.64. The van der Waals surface area contributed by atoms with Crippen molar-refractivity contribution in [2.24, 2.45) is 5.92 Å². The van der Waals surface area contributed by atoms with E-state index < -0.39 is 0 Å². The van der Waals surface area contributed by atoms with Gasteiger partial charge in [-0.2, -0.15) is 0 Å². The number of aromatic nitrogens is 2. The molecule has 0 radical (unpaired) electrons. The molecule has 0 saturated heterocycles. The van der Waals surface area contributed by atoms with Crippen LogP contribution in [-0.2, 0) is 6.54 Å². The van der Waals surface area contributed by atoms with Crippen molar-refractivity contribution in [1.82, 2.24) is 9.55 Å². The minimum Gasteiger partial charge on any atom is -0.298 e. The summed E-state index contributed by atoms with van der Waals surface area (Å²) in [5, 5.41) is 0.687. The van der Waals surface area contributed by atoms with Gasteiger partial charge in [-0.05, 0) is 24.1 Å². The fourth-order valence-corrected chi connectivity index (χ4v) is 2.44. The second kappa shape index (κ2) is 5.65. The fraction of sp³-hybridized carbons (Fsp3) is 0.429. The van der Waals surface area contributed by atoms with E-state index in [1.165, 1.54) is 0 Å². The van der Waals surface area contributed by atoms with Gasteiger partial charge in [0.15, 0.2) is 0 Å². The van der Waals surface area contributed by atoms with Crippen LogP contribution in [0.3, 0.4) is 0 Å². The van der Waals surface area contributed by atoms with E-state index in [0.29, 0.717) is 11.3 Å². The predicted molar refractivity (Wildman–Crippen MR) is 77.8 cm³/mol. The summed E-state index contributed by atoms with van der Waals surface area (Å²) in [4.78, 5) is 16.7. The average Bonchev–Trinajstić information content (AvgIpc) is 2.38. The first kappa shape index (κ1) is 13.3. The van der Waals surface area contributed by atoms with Crippen molar-refractivity contribution in [3.63, 3.8) is 0 Å². The molecule has 0 N–H and O–H groups in total. The molecule has 0 aliphatic heterocycles. The van der Waals surface area contributed by atoms with Gasteiger partial charge >= 0.3 is 0 Å². The van der Waals surface area contributed by atoms with Gasteiger partial charge in [0.1, 0.15) is 0 Å². The standard InChI is InChI=1S/C14H17BrN2O/c1-3-10(4-2)8-17-9-16-13-7-11(15)5-6-12(13)14(17)18/h5-7,9-10H,3-4,8H2,1-2H3. The van der Waals surface area contributed by atoms with E-state index in [-0.39, 0.29) is 5.56 Å². The molecule has 2 rings (SSSR count). The maximum atomic E-state index is 12.3. The van der Waals surface area contributed by atoms with Gasteiger partial charge in [-0.15, -0.1) is 0 Å². The number of hydrogen-bond acceptors (Lipinski definition) is 2. The fourth-order valence-electron chi connectivity index (χ4n) is 2.09. The molecule has 0 aliphatic rings. The Morgan fingerprint density at radius 3 is 2.72 bits per heavy atom. The van der Waals surface area contributed by atoms with Crippen LogP contribution in [-0.4, -0.2) is 9.55 Å². The molecule has 0 unspecified atom stereocenters. The summed E-state index contributed by atoms with van der Waals surface area (Å²) < 4.78 is 2.67. The minimum absolute atomic E-state index is 0.0550. The van der Waals surface area contributed by atoms with Crippen LogP contribution in [0.2, 0.25) is 0 Å². The van der Waals surface area contributed by atoms with Gasteiger partial charge in [0.05, 0.1) is 17.2 Å². The van der Waals surface area contributed by atoms with Crippen LogP contribution in [0, 0.1) is 5.92 Å². The van der Waals surface area contributed by atoms with Crippen LogP contribution >= 0.6 is 15.9 Å². The minimum atomic E-state index is 0.0550. The monoisotopic (exact) mass is 308 g/mol. The van der Waals surface area contributed by atoms with Crippen LogP contribution in [0.5, 0.6) is 0 Å². The SMILES string of the molecule is CCC(CC)Cn1cnc2cc(Br)ccc2c1=O. The molecule has 0 fully saturated rings. The van der Waals surface area contributed by atoms with E-state index in [9.17, 15) is 4.79 Å². The van der Waals surface area contributed by atoms with E-state index in [1.54, 1.807) is 10.9 Å². The van der Waals surface area contributed by atoms with Gasteiger partial charge < -0.3 is 0 Å². The molecule has 2 aromatic rings. The Balaban J connectivity index is 2.45. The summed E-state index contributed by atoms with van der Waals surface area (Å²) in [7, 11) is 0. The van der Waals surface area contributed by atoms with Gasteiger partial charge in [0.2, 0.25) is 0 Å². The first-order valence-corrected chi connectivity index (χ1v) is 7.09. The smallest absolute Gasteiger partial charge is 0.261 e. The highest BCUT2D eigenvalue weighted by Crippen LogP contribution is 2.15. The van der Waals surface area contributed by atoms with E-state index in [1.807, 2.05) is 18.2 Å². The van der Waals surface area contributed by atoms with Gasteiger partial charge in [-0.25, -0.2) is 4.98 Å². The number of benzene rings is 1. The first-order valence-electron chi connectivity index (χ1n) is 6.30. The van der Waals surface area contributed by atoms with Crippen LogP contribution in [0.25, 0.3) is 10.9 Å². The Labute approximate surface area is 115 Å². The largest absolute Gasteiger partial charge is 0.298 e. The van der Waals surface area contributed by atoms with Gasteiger partial charge in [0.25, 0.3) is 5.56 Å². The van der Waals surface area contributed by atoms with Crippen LogP contribution in [0.15, 0.2) is 33.8 Å². The molecule has 18 heavy (non-hydrogen) atoms. The Bertz CT molecular complexity index is 602. The Hall–Kier alpha value is -1.16. The predicted octanol–water partition coefficient (Wildman–Crippen LogP) is 3.60. The number of nitrogens with zero attached hydrogens (tertiary/aromatic N) is 2. The number of hydrogen-bond donors (Lipinski definition) is 0. The second-order valence-electron chi connectivity index (χ2n) is 4.55. The van der Waals surface area contributed by atoms with E-state index >= 15 is 0 Å². The maximum absolute atomic E-state index is 12.3. The normalized spacial score (nSPS) is 11.3. The Kier molecular flexibility index (Phi) is 4.17. The lowest BCUT2D eigenvalue weighted by atomic mass is 10.0. The summed E-state index contributed by atoms with van der Waals surface area (Å²) in [6.07, 6.45) is 3.83. The molecule has 3 nitrogen and oxygen atoms in total. The molecule has 0 spiro atoms. The number of fused-ring (bicyclic) bond motifs is 1. The summed E-state index contributed by atoms with van der Waals surface area (Å²) in [5.41, 5.74) is 0.801. The van der Waals surface area contributed by atoms with E-state index in [4.69, 9.17) is 0 Å². The molecular formula is C14H17BrN2O. The highest BCUT2D eigenvalue weighted by atomic mass is 79.9. The zero-order valence-corrected chi connectivity index (χ0v) is 12.3. The van der Waals surface area contributed by atoms with Gasteiger partial charge in [0, 0.05) is 11.0 Å². The summed E-state index contributed by atoms with van der Waals surface area (Å²) in [6, 6.07) is 5.59. The third-order valence-electron chi connectivity index (χ3n) is 3.40. The van der Waals surface area contributed by atoms with Gasteiger partial charge in [-0.1, -0.05) is 42.6 Å². The van der Waals surface area contributed by atoms with Crippen LogP contribution < -0.4 is 5.56 Å². The molecule has 0 saturated carbocycles. The summed E-state index contributed by atoms with van der Waals surface area (Å²) in [5.74, 6) is 0.539. The Morgan fingerprint density at radius 2 is 2.06 bits per heavy atom. The second-order valence-corrected chi connectivity index (χ2v) is 5.46. The van der Waals surface area contributed by atoms with Crippen molar-refractivity contribution < 1.29 is 0 Å². The quantitative estimate of drug-likeness (QED) is 0.865. The zero-order valence-electron chi connectivity index (χ0n) is 10.7. The van der Waals surface area contributed by atoms with Crippen molar-refractivity contribution in [2.45, 2.75) is 33.2 Å². The molecule has 0 atom stereocenters. The Morgan fingerprint density at radius 1 is 1.33 bits per heavy atom. The molecule has 0 amide bonds. The number of rotatable bonds is 4. The molecule has 0 bridgehead atoms. The lowest BCUT2D eigenvalue weighted by molar-refractivity contribution is 0.410. The molecule has 4 heteroatoms. The van der Waals surface area contributed by atoms with Crippen molar-refractivity contribution >= 4 is 26.8 Å². The van der Waals surface area contributed by atoms with Gasteiger partial charge in [-0.3, -0.25) is 9.36 Å². The lowest BCUT2D eigenvalue weighted by Gasteiger charge is -2.14. The highest BCUT2D eigenvalue weighted by molar-refractivity contribution is 9.10. The summed E-state index contributed by atoms with van der Waals surface area (Å²) >= 11 is 3.39. The van der Waals surface area contributed by atoms with E-state index in [2.05, 4.69) is 34.8 Å². The van der Waals surface area contributed by atoms with E-state index in [0.717, 1.165) is 29.4 Å². The van der Waals surface area contributed by atoms with Crippen LogP contribution in [0.4, 0.5) is 0 Å². The van der Waals surface area contributed by atoms with Crippen LogP contribution in [0.1, 0.15) is 26.7 Å². The first-order chi connectivity index (χ1) is 8.65. The molecule has 1 aromatic heterocycles. The molecule has 1 aromatic carbocycles. The van der Waals surface area contributed by atoms with Crippen molar-refractivity contribution in [3.8, 4) is 0 Å². The molecule has 1 heterocycles. The molecule has 96 valence electrons. The average molecular weight is 309 g/mol. The van der Waals surface area contributed by atoms with Crippen molar-refractivity contribution in [3.05, 3.63) is 39.4 Å². The maximum Gasteiger partial charge on any atom is 0.261 e. The third-order valence-corrected chi connectivity index (χ3v) is 3.89. The van der Waals surface area contributed by atoms with Crippen molar-refractivity contribution in [2.75, 3.05) is 0 Å². The van der Waals surface area contributed by atoms with Crippen molar-refractivity contribution in [1.29, 1.82) is 0 Å². The topological polar surface area (TPSA) is 34.9 Å². The molecule has 0 aliphatic carbocycles. The number of halogens is 1.